The first-order chi connectivity index (χ1) is 9.84. The van der Waals surface area contributed by atoms with Crippen LogP contribution in [0.4, 0.5) is 5.69 Å². The molecule has 0 bridgehead atoms. The van der Waals surface area contributed by atoms with Crippen molar-refractivity contribution in [1.29, 1.82) is 0 Å². The van der Waals surface area contributed by atoms with Gasteiger partial charge in [-0.25, -0.2) is 0 Å². The first-order valence-corrected chi connectivity index (χ1v) is 7.72. The van der Waals surface area contributed by atoms with Gasteiger partial charge in [0, 0.05) is 25.2 Å². The third kappa shape index (κ3) is 2.16. The lowest BCUT2D eigenvalue weighted by atomic mass is 9.75. The van der Waals surface area contributed by atoms with Crippen LogP contribution in [0.2, 0.25) is 0 Å². The van der Waals surface area contributed by atoms with Crippen molar-refractivity contribution in [1.82, 2.24) is 0 Å². The molecule has 1 unspecified atom stereocenters. The van der Waals surface area contributed by atoms with E-state index in [1.54, 1.807) is 0 Å². The number of hydrogen-bond acceptors (Lipinski definition) is 1. The minimum Gasteiger partial charge on any atom is -0.378 e. The van der Waals surface area contributed by atoms with Crippen LogP contribution in [0.25, 0.3) is 0 Å². The first-order valence-electron chi connectivity index (χ1n) is 7.72. The zero-order valence-corrected chi connectivity index (χ0v) is 13.8. The molecule has 0 fully saturated rings. The molecule has 3 rings (SSSR count). The second-order valence-electron chi connectivity index (χ2n) is 7.38. The van der Waals surface area contributed by atoms with Gasteiger partial charge in [0.1, 0.15) is 0 Å². The Morgan fingerprint density at radius 1 is 0.810 bits per heavy atom. The first kappa shape index (κ1) is 14.2. The van der Waals surface area contributed by atoms with Gasteiger partial charge in [-0.3, -0.25) is 0 Å². The zero-order valence-electron chi connectivity index (χ0n) is 13.8. The number of fused-ring (bicyclic) bond motifs is 1. The third-order valence-electron chi connectivity index (χ3n) is 5.07. The molecule has 2 aromatic carbocycles. The van der Waals surface area contributed by atoms with Crippen LogP contribution in [-0.2, 0) is 10.8 Å². The van der Waals surface area contributed by atoms with Gasteiger partial charge in [0.2, 0.25) is 0 Å². The lowest BCUT2D eigenvalue weighted by molar-refractivity contribution is 0.425. The summed E-state index contributed by atoms with van der Waals surface area (Å²) in [5.74, 6) is 0. The number of benzene rings is 2. The summed E-state index contributed by atoms with van der Waals surface area (Å²) in [6, 6.07) is 18.0. The van der Waals surface area contributed by atoms with Crippen molar-refractivity contribution in [3.63, 3.8) is 0 Å². The molecule has 2 aromatic rings. The molecule has 0 saturated heterocycles. The topological polar surface area (TPSA) is 3.24 Å². The van der Waals surface area contributed by atoms with Crippen molar-refractivity contribution in [3.05, 3.63) is 65.2 Å². The van der Waals surface area contributed by atoms with E-state index < -0.39 is 0 Å². The Balaban J connectivity index is 2.10. The van der Waals surface area contributed by atoms with Crippen molar-refractivity contribution in [2.24, 2.45) is 0 Å². The Morgan fingerprint density at radius 2 is 1.38 bits per heavy atom. The molecule has 0 aromatic heterocycles. The van der Waals surface area contributed by atoms with Gasteiger partial charge in [0.25, 0.3) is 0 Å². The smallest absolute Gasteiger partial charge is 0.0361 e. The number of hydrogen-bond donors (Lipinski definition) is 0. The highest BCUT2D eigenvalue weighted by molar-refractivity contribution is 5.54. The van der Waals surface area contributed by atoms with Gasteiger partial charge in [0.15, 0.2) is 0 Å². The molecule has 0 spiro atoms. The Hall–Kier alpha value is -1.76. The summed E-state index contributed by atoms with van der Waals surface area (Å²) in [5.41, 5.74) is 6.03. The average Bonchev–Trinajstić information content (AvgIpc) is 2.68. The molecule has 110 valence electrons. The Bertz CT molecular complexity index is 652. The van der Waals surface area contributed by atoms with E-state index in [-0.39, 0.29) is 10.8 Å². The summed E-state index contributed by atoms with van der Waals surface area (Å²) in [5, 5.41) is 0. The van der Waals surface area contributed by atoms with Crippen LogP contribution < -0.4 is 4.90 Å². The van der Waals surface area contributed by atoms with Crippen LogP contribution in [0.15, 0.2) is 48.5 Å². The van der Waals surface area contributed by atoms with Crippen molar-refractivity contribution in [3.8, 4) is 0 Å². The van der Waals surface area contributed by atoms with Gasteiger partial charge in [0.05, 0.1) is 0 Å². The average molecular weight is 279 g/mol. The predicted octanol–water partition coefficient (Wildman–Crippen LogP) is 4.74. The van der Waals surface area contributed by atoms with Gasteiger partial charge in [-0.2, -0.15) is 0 Å². The minimum absolute atomic E-state index is 0.116. The van der Waals surface area contributed by atoms with E-state index in [4.69, 9.17) is 0 Å². The van der Waals surface area contributed by atoms with Crippen LogP contribution in [-0.4, -0.2) is 14.1 Å². The van der Waals surface area contributed by atoms with Gasteiger partial charge in [-0.05, 0) is 40.7 Å². The molecule has 0 aliphatic heterocycles. The molecule has 1 aliphatic carbocycles. The molecule has 0 N–H and O–H groups in total. The van der Waals surface area contributed by atoms with Crippen LogP contribution in [0.3, 0.4) is 0 Å². The summed E-state index contributed by atoms with van der Waals surface area (Å²) in [4.78, 5) is 2.15. The van der Waals surface area contributed by atoms with E-state index in [1.807, 2.05) is 0 Å². The molecular formula is C20H25N. The SMILES string of the molecule is CN(C)c1ccc(C2(C)CC(C)(C)c3ccccc32)cc1. The Morgan fingerprint density at radius 3 is 1.95 bits per heavy atom. The van der Waals surface area contributed by atoms with Gasteiger partial charge < -0.3 is 4.90 Å². The van der Waals surface area contributed by atoms with E-state index in [0.717, 1.165) is 0 Å². The molecular weight excluding hydrogens is 254 g/mol. The molecule has 0 amide bonds. The fourth-order valence-electron chi connectivity index (χ4n) is 4.01. The Kier molecular flexibility index (Phi) is 3.12. The van der Waals surface area contributed by atoms with Crippen molar-refractivity contribution in [2.45, 2.75) is 38.0 Å². The van der Waals surface area contributed by atoms with Gasteiger partial charge in [-0.1, -0.05) is 57.2 Å². The van der Waals surface area contributed by atoms with E-state index in [0.29, 0.717) is 0 Å². The molecule has 1 nitrogen and oxygen atoms in total. The zero-order chi connectivity index (χ0) is 15.3. The summed E-state index contributed by atoms with van der Waals surface area (Å²) in [6.45, 7) is 7.13. The van der Waals surface area contributed by atoms with Crippen LogP contribution >= 0.6 is 0 Å². The molecule has 0 heterocycles. The van der Waals surface area contributed by atoms with E-state index in [2.05, 4.69) is 88.3 Å². The summed E-state index contributed by atoms with van der Waals surface area (Å²) in [7, 11) is 4.18. The van der Waals surface area contributed by atoms with Gasteiger partial charge >= 0.3 is 0 Å². The fourth-order valence-corrected chi connectivity index (χ4v) is 4.01. The molecule has 0 radical (unpaired) electrons. The van der Waals surface area contributed by atoms with Crippen LogP contribution in [0.1, 0.15) is 43.9 Å². The van der Waals surface area contributed by atoms with E-state index in [1.165, 1.54) is 28.8 Å². The lowest BCUT2D eigenvalue weighted by Crippen LogP contribution is -2.23. The largest absolute Gasteiger partial charge is 0.378 e. The van der Waals surface area contributed by atoms with Crippen molar-refractivity contribution >= 4 is 5.69 Å². The van der Waals surface area contributed by atoms with Crippen molar-refractivity contribution < 1.29 is 0 Å². The standard InChI is InChI=1S/C20H25N/c1-19(2)14-20(3,18-9-7-6-8-17(18)19)15-10-12-16(13-11-15)21(4)5/h6-13H,14H2,1-5H3. The highest BCUT2D eigenvalue weighted by Gasteiger charge is 2.45. The monoisotopic (exact) mass is 279 g/mol. The predicted molar refractivity (Wildman–Crippen MR) is 91.3 cm³/mol. The maximum absolute atomic E-state index is 2.39. The maximum Gasteiger partial charge on any atom is 0.0361 e. The third-order valence-corrected chi connectivity index (χ3v) is 5.07. The molecule has 0 saturated carbocycles. The molecule has 1 atom stereocenters. The fraction of sp³-hybridized carbons (Fsp3) is 0.400. The van der Waals surface area contributed by atoms with E-state index in [9.17, 15) is 0 Å². The van der Waals surface area contributed by atoms with Crippen molar-refractivity contribution in [2.75, 3.05) is 19.0 Å². The highest BCUT2D eigenvalue weighted by Crippen LogP contribution is 2.52. The Labute approximate surface area is 128 Å². The number of rotatable bonds is 2. The molecule has 1 heteroatoms. The quantitative estimate of drug-likeness (QED) is 0.767. The van der Waals surface area contributed by atoms with Gasteiger partial charge in [-0.15, -0.1) is 0 Å². The maximum atomic E-state index is 2.39. The van der Waals surface area contributed by atoms with Crippen LogP contribution in [0, 0.1) is 0 Å². The normalized spacial score (nSPS) is 22.9. The number of anilines is 1. The second kappa shape index (κ2) is 4.62. The summed E-state index contributed by atoms with van der Waals surface area (Å²) < 4.78 is 0. The number of nitrogens with zero attached hydrogens (tertiary/aromatic N) is 1. The van der Waals surface area contributed by atoms with E-state index >= 15 is 0 Å². The lowest BCUT2D eigenvalue weighted by Gasteiger charge is -2.29. The summed E-state index contributed by atoms with van der Waals surface area (Å²) in [6.07, 6.45) is 1.17. The second-order valence-corrected chi connectivity index (χ2v) is 7.38. The molecule has 1 aliphatic rings. The van der Waals surface area contributed by atoms with Crippen LogP contribution in [0.5, 0.6) is 0 Å². The highest BCUT2D eigenvalue weighted by atomic mass is 15.1. The summed E-state index contributed by atoms with van der Waals surface area (Å²) >= 11 is 0. The molecule has 21 heavy (non-hydrogen) atoms. The minimum atomic E-state index is 0.116.